The van der Waals surface area contributed by atoms with Gasteiger partial charge in [-0.05, 0) is 68.5 Å². The molecule has 4 aromatic rings. The molecule has 0 N–H and O–H groups in total. The molecule has 1 aliphatic rings. The molecule has 36 heavy (non-hydrogen) atoms. The smallest absolute Gasteiger partial charge is 0.343 e. The third-order valence-corrected chi connectivity index (χ3v) is 6.29. The lowest BCUT2D eigenvalue weighted by Gasteiger charge is -2.10. The van der Waals surface area contributed by atoms with Gasteiger partial charge in [-0.25, -0.2) is 4.79 Å². The molecule has 0 saturated carbocycles. The fraction of sp³-hybridized carbons (Fsp3) is 0.172. The minimum Gasteiger partial charge on any atom is -0.497 e. The van der Waals surface area contributed by atoms with Crippen LogP contribution in [0.1, 0.15) is 38.8 Å². The number of fused-ring (bicyclic) bond motifs is 2. The molecule has 2 heterocycles. The SMILES string of the molecule is CCn1cc(C=C2Oc3c(ccc(OC(=O)c4cccc(OC)c4)c3C)C2=O)c2cc(OC)ccc21. The second-order valence-corrected chi connectivity index (χ2v) is 8.38. The first-order valence-corrected chi connectivity index (χ1v) is 11.5. The summed E-state index contributed by atoms with van der Waals surface area (Å²) in [6, 6.07) is 15.8. The monoisotopic (exact) mass is 483 g/mol. The van der Waals surface area contributed by atoms with E-state index in [1.54, 1.807) is 56.5 Å². The van der Waals surface area contributed by atoms with Crippen LogP contribution in [0.4, 0.5) is 0 Å². The molecular weight excluding hydrogens is 458 g/mol. The van der Waals surface area contributed by atoms with Crippen molar-refractivity contribution in [2.24, 2.45) is 0 Å². The minimum atomic E-state index is -0.529. The Kier molecular flexibility index (Phi) is 5.98. The van der Waals surface area contributed by atoms with Gasteiger partial charge in [0.05, 0.1) is 25.3 Å². The molecule has 0 amide bonds. The highest BCUT2D eigenvalue weighted by Crippen LogP contribution is 2.40. The normalized spacial score (nSPS) is 13.6. The van der Waals surface area contributed by atoms with Gasteiger partial charge in [0.2, 0.25) is 5.78 Å². The number of carbonyl (C=O) groups is 2. The van der Waals surface area contributed by atoms with Crippen LogP contribution in [0, 0.1) is 6.92 Å². The van der Waals surface area contributed by atoms with E-state index in [9.17, 15) is 9.59 Å². The van der Waals surface area contributed by atoms with Crippen molar-refractivity contribution in [3.8, 4) is 23.0 Å². The number of carbonyl (C=O) groups excluding carboxylic acids is 2. The predicted octanol–water partition coefficient (Wildman–Crippen LogP) is 5.82. The predicted molar refractivity (Wildman–Crippen MR) is 136 cm³/mol. The van der Waals surface area contributed by atoms with E-state index in [-0.39, 0.29) is 11.5 Å². The Balaban J connectivity index is 1.47. The van der Waals surface area contributed by atoms with Crippen LogP contribution in [0.25, 0.3) is 17.0 Å². The molecule has 0 saturated heterocycles. The zero-order valence-electron chi connectivity index (χ0n) is 20.5. The summed E-state index contributed by atoms with van der Waals surface area (Å²) in [6.45, 7) is 4.60. The number of rotatable bonds is 6. The summed E-state index contributed by atoms with van der Waals surface area (Å²) >= 11 is 0. The van der Waals surface area contributed by atoms with Gasteiger partial charge < -0.3 is 23.5 Å². The summed E-state index contributed by atoms with van der Waals surface area (Å²) in [4.78, 5) is 25.9. The molecule has 0 fully saturated rings. The largest absolute Gasteiger partial charge is 0.497 e. The number of esters is 1. The van der Waals surface area contributed by atoms with Crippen LogP contribution in [-0.2, 0) is 6.54 Å². The first-order valence-electron chi connectivity index (χ1n) is 11.5. The van der Waals surface area contributed by atoms with Gasteiger partial charge >= 0.3 is 5.97 Å². The van der Waals surface area contributed by atoms with Crippen molar-refractivity contribution in [1.29, 1.82) is 0 Å². The van der Waals surface area contributed by atoms with Crippen molar-refractivity contribution in [2.45, 2.75) is 20.4 Å². The van der Waals surface area contributed by atoms with Gasteiger partial charge in [0.1, 0.15) is 23.0 Å². The molecule has 0 spiro atoms. The van der Waals surface area contributed by atoms with Crippen LogP contribution in [0.5, 0.6) is 23.0 Å². The molecule has 182 valence electrons. The topological polar surface area (TPSA) is 76.0 Å². The lowest BCUT2D eigenvalue weighted by molar-refractivity contribution is 0.0732. The van der Waals surface area contributed by atoms with Crippen LogP contribution in [0.15, 0.2) is 66.6 Å². The van der Waals surface area contributed by atoms with Gasteiger partial charge in [-0.15, -0.1) is 0 Å². The Bertz CT molecular complexity index is 1550. The zero-order valence-corrected chi connectivity index (χ0v) is 20.5. The summed E-state index contributed by atoms with van der Waals surface area (Å²) in [5.74, 6) is 1.46. The lowest BCUT2D eigenvalue weighted by Crippen LogP contribution is -2.09. The van der Waals surface area contributed by atoms with Crippen molar-refractivity contribution >= 4 is 28.7 Å². The van der Waals surface area contributed by atoms with Crippen molar-refractivity contribution in [3.05, 3.63) is 88.8 Å². The second kappa shape index (κ2) is 9.26. The highest BCUT2D eigenvalue weighted by molar-refractivity contribution is 6.15. The van der Waals surface area contributed by atoms with Crippen LogP contribution in [0.2, 0.25) is 0 Å². The highest BCUT2D eigenvalue weighted by Gasteiger charge is 2.31. The van der Waals surface area contributed by atoms with Gasteiger partial charge in [0, 0.05) is 34.8 Å². The highest BCUT2D eigenvalue weighted by atomic mass is 16.5. The number of Topliss-reactive ketones (excluding diaryl/α,β-unsaturated/α-hetero) is 1. The first-order chi connectivity index (χ1) is 17.4. The third kappa shape index (κ3) is 3.98. The number of nitrogens with zero attached hydrogens (tertiary/aromatic N) is 1. The van der Waals surface area contributed by atoms with E-state index in [2.05, 4.69) is 11.5 Å². The number of hydrogen-bond acceptors (Lipinski definition) is 6. The Morgan fingerprint density at radius 1 is 1.03 bits per heavy atom. The van der Waals surface area contributed by atoms with Crippen molar-refractivity contribution in [3.63, 3.8) is 0 Å². The number of methoxy groups -OCH3 is 2. The molecule has 1 aliphatic heterocycles. The number of ether oxygens (including phenoxy) is 4. The molecule has 7 heteroatoms. The van der Waals surface area contributed by atoms with E-state index in [4.69, 9.17) is 18.9 Å². The molecule has 0 radical (unpaired) electrons. The van der Waals surface area contributed by atoms with E-state index in [0.717, 1.165) is 28.8 Å². The third-order valence-electron chi connectivity index (χ3n) is 6.29. The molecule has 3 aromatic carbocycles. The molecule has 5 rings (SSSR count). The Morgan fingerprint density at radius 3 is 2.56 bits per heavy atom. The maximum Gasteiger partial charge on any atom is 0.343 e. The fourth-order valence-corrected chi connectivity index (χ4v) is 4.34. The molecular formula is C29H25NO6. The lowest BCUT2D eigenvalue weighted by atomic mass is 10.1. The zero-order chi connectivity index (χ0) is 25.4. The maximum absolute atomic E-state index is 13.2. The number of hydrogen-bond donors (Lipinski definition) is 0. The standard InChI is InChI=1S/C29H25NO6/c1-5-30-16-19(23-15-21(34-4)9-11-24(23)30)14-26-27(31)22-10-12-25(17(2)28(22)35-26)36-29(32)18-7-6-8-20(13-18)33-3/h6-16H,5H2,1-4H3. The number of allylic oxidation sites excluding steroid dienone is 1. The van der Waals surface area contributed by atoms with Crippen LogP contribution in [0.3, 0.4) is 0 Å². The number of aryl methyl sites for hydroxylation is 1. The van der Waals surface area contributed by atoms with Gasteiger partial charge in [-0.2, -0.15) is 0 Å². The summed E-state index contributed by atoms with van der Waals surface area (Å²) in [5.41, 5.74) is 3.24. The quantitative estimate of drug-likeness (QED) is 0.195. The van der Waals surface area contributed by atoms with Gasteiger partial charge in [-0.1, -0.05) is 6.07 Å². The van der Waals surface area contributed by atoms with Gasteiger partial charge in [0.15, 0.2) is 5.76 Å². The molecule has 0 unspecified atom stereocenters. The van der Waals surface area contributed by atoms with Crippen LogP contribution >= 0.6 is 0 Å². The summed E-state index contributed by atoms with van der Waals surface area (Å²) < 4.78 is 24.3. The van der Waals surface area contributed by atoms with Crippen molar-refractivity contribution in [1.82, 2.24) is 4.57 Å². The van der Waals surface area contributed by atoms with E-state index in [1.807, 2.05) is 24.4 Å². The summed E-state index contributed by atoms with van der Waals surface area (Å²) in [5, 5.41) is 0.959. The average molecular weight is 484 g/mol. The Morgan fingerprint density at radius 2 is 1.81 bits per heavy atom. The summed E-state index contributed by atoms with van der Waals surface area (Å²) in [6.07, 6.45) is 3.74. The molecule has 0 atom stereocenters. The maximum atomic E-state index is 13.2. The fourth-order valence-electron chi connectivity index (χ4n) is 4.34. The second-order valence-electron chi connectivity index (χ2n) is 8.38. The Labute approximate surface area is 208 Å². The molecule has 0 aliphatic carbocycles. The van der Waals surface area contributed by atoms with E-state index in [0.29, 0.717) is 33.9 Å². The van der Waals surface area contributed by atoms with Crippen LogP contribution in [-0.4, -0.2) is 30.5 Å². The number of aromatic nitrogens is 1. The van der Waals surface area contributed by atoms with E-state index >= 15 is 0 Å². The number of ketones is 1. The number of benzene rings is 3. The van der Waals surface area contributed by atoms with Crippen molar-refractivity contribution < 1.29 is 28.5 Å². The molecule has 7 nitrogen and oxygen atoms in total. The van der Waals surface area contributed by atoms with Crippen molar-refractivity contribution in [2.75, 3.05) is 14.2 Å². The van der Waals surface area contributed by atoms with E-state index in [1.165, 1.54) is 7.11 Å². The Hall–Kier alpha value is -4.52. The van der Waals surface area contributed by atoms with Gasteiger partial charge in [-0.3, -0.25) is 4.79 Å². The molecule has 1 aromatic heterocycles. The van der Waals surface area contributed by atoms with E-state index < -0.39 is 5.97 Å². The summed E-state index contributed by atoms with van der Waals surface area (Å²) in [7, 11) is 3.16. The first kappa shape index (κ1) is 23.2. The average Bonchev–Trinajstić information content (AvgIpc) is 3.42. The minimum absolute atomic E-state index is 0.211. The molecule has 0 bridgehead atoms. The van der Waals surface area contributed by atoms with Gasteiger partial charge in [0.25, 0.3) is 0 Å². The van der Waals surface area contributed by atoms with Crippen LogP contribution < -0.4 is 18.9 Å².